The van der Waals surface area contributed by atoms with Crippen molar-refractivity contribution in [2.45, 2.75) is 26.0 Å². The van der Waals surface area contributed by atoms with Gasteiger partial charge < -0.3 is 19.9 Å². The van der Waals surface area contributed by atoms with Crippen molar-refractivity contribution < 1.29 is 14.6 Å². The molecule has 0 radical (unpaired) electrons. The highest BCUT2D eigenvalue weighted by Crippen LogP contribution is 2.16. The number of aliphatic hydroxyl groups is 1. The van der Waals surface area contributed by atoms with Gasteiger partial charge in [-0.15, -0.1) is 0 Å². The summed E-state index contributed by atoms with van der Waals surface area (Å²) in [6, 6.07) is 9.21. The van der Waals surface area contributed by atoms with E-state index in [2.05, 4.69) is 11.4 Å². The van der Waals surface area contributed by atoms with Gasteiger partial charge in [-0.25, -0.2) is 0 Å². The Hall–Kier alpha value is -1.61. The summed E-state index contributed by atoms with van der Waals surface area (Å²) < 4.78 is 10.7. The molecule has 5 heteroatoms. The van der Waals surface area contributed by atoms with Crippen LogP contribution in [0.25, 0.3) is 0 Å². The van der Waals surface area contributed by atoms with Gasteiger partial charge in [-0.3, -0.25) is 0 Å². The predicted molar refractivity (Wildman–Crippen MR) is 76.6 cm³/mol. The number of benzene rings is 1. The SMILES string of the molecule is CCOCC(C)NCC(O)COc1ccccc1C#N. The Labute approximate surface area is 120 Å². The van der Waals surface area contributed by atoms with E-state index < -0.39 is 6.10 Å². The van der Waals surface area contributed by atoms with Gasteiger partial charge in [-0.1, -0.05) is 12.1 Å². The average molecular weight is 278 g/mol. The molecule has 5 nitrogen and oxygen atoms in total. The maximum atomic E-state index is 9.84. The first-order valence-electron chi connectivity index (χ1n) is 6.78. The summed E-state index contributed by atoms with van der Waals surface area (Å²) in [4.78, 5) is 0. The molecule has 0 bridgehead atoms. The standard InChI is InChI=1S/C15H22N2O3/c1-3-19-10-12(2)17-9-14(18)11-20-15-7-5-4-6-13(15)8-16/h4-7,12,14,17-18H,3,9-11H2,1-2H3. The summed E-state index contributed by atoms with van der Waals surface area (Å²) in [5.41, 5.74) is 0.470. The molecule has 0 saturated carbocycles. The number of nitriles is 1. The fourth-order valence-electron chi connectivity index (χ4n) is 1.62. The summed E-state index contributed by atoms with van der Waals surface area (Å²) in [5, 5.41) is 21.9. The number of rotatable bonds is 9. The molecule has 1 rings (SSSR count). The third kappa shape index (κ3) is 6.02. The van der Waals surface area contributed by atoms with Crippen LogP contribution in [0.5, 0.6) is 5.75 Å². The summed E-state index contributed by atoms with van der Waals surface area (Å²) in [6.07, 6.45) is -0.633. The van der Waals surface area contributed by atoms with Gasteiger partial charge in [0.05, 0.1) is 12.2 Å². The molecule has 20 heavy (non-hydrogen) atoms. The van der Waals surface area contributed by atoms with Crippen LogP contribution in [0.3, 0.4) is 0 Å². The first-order valence-corrected chi connectivity index (χ1v) is 6.78. The summed E-state index contributed by atoms with van der Waals surface area (Å²) in [5.74, 6) is 0.497. The highest BCUT2D eigenvalue weighted by Gasteiger charge is 2.09. The molecule has 0 fully saturated rings. The number of ether oxygens (including phenoxy) is 2. The Morgan fingerprint density at radius 1 is 1.35 bits per heavy atom. The second-order valence-electron chi connectivity index (χ2n) is 4.54. The second-order valence-corrected chi connectivity index (χ2v) is 4.54. The minimum atomic E-state index is -0.633. The molecule has 1 aromatic carbocycles. The molecule has 0 spiro atoms. The molecule has 110 valence electrons. The van der Waals surface area contributed by atoms with Crippen molar-refractivity contribution in [3.8, 4) is 11.8 Å². The highest BCUT2D eigenvalue weighted by atomic mass is 16.5. The molecule has 2 atom stereocenters. The molecule has 1 aromatic rings. The van der Waals surface area contributed by atoms with Crippen LogP contribution in [0.1, 0.15) is 19.4 Å². The Bertz CT molecular complexity index is 431. The Morgan fingerprint density at radius 3 is 2.80 bits per heavy atom. The highest BCUT2D eigenvalue weighted by molar-refractivity contribution is 5.42. The Kier molecular flexibility index (Phi) is 7.66. The lowest BCUT2D eigenvalue weighted by Gasteiger charge is -2.17. The van der Waals surface area contributed by atoms with Crippen LogP contribution in [0, 0.1) is 11.3 Å². The first kappa shape index (κ1) is 16.4. The van der Waals surface area contributed by atoms with E-state index in [9.17, 15) is 5.11 Å². The maximum Gasteiger partial charge on any atom is 0.137 e. The number of hydrogen-bond acceptors (Lipinski definition) is 5. The molecule has 2 unspecified atom stereocenters. The van der Waals surface area contributed by atoms with E-state index in [1.807, 2.05) is 13.8 Å². The van der Waals surface area contributed by atoms with Gasteiger partial charge in [0.15, 0.2) is 0 Å². The van der Waals surface area contributed by atoms with Crippen molar-refractivity contribution in [1.82, 2.24) is 5.32 Å². The lowest BCUT2D eigenvalue weighted by molar-refractivity contribution is 0.0906. The van der Waals surface area contributed by atoms with Gasteiger partial charge in [0.2, 0.25) is 0 Å². The number of nitrogens with one attached hydrogen (secondary N) is 1. The number of hydrogen-bond donors (Lipinski definition) is 2. The molecule has 0 aliphatic carbocycles. The number of nitrogens with zero attached hydrogens (tertiary/aromatic N) is 1. The minimum absolute atomic E-state index is 0.146. The van der Waals surface area contributed by atoms with Crippen molar-refractivity contribution in [2.24, 2.45) is 0 Å². The number of aliphatic hydroxyl groups excluding tert-OH is 1. The summed E-state index contributed by atoms with van der Waals surface area (Å²) in [7, 11) is 0. The van der Waals surface area contributed by atoms with E-state index in [1.165, 1.54) is 0 Å². The van der Waals surface area contributed by atoms with Gasteiger partial charge in [-0.05, 0) is 26.0 Å². The zero-order valence-electron chi connectivity index (χ0n) is 12.0. The van der Waals surface area contributed by atoms with E-state index >= 15 is 0 Å². The topological polar surface area (TPSA) is 74.5 Å². The van der Waals surface area contributed by atoms with Crippen molar-refractivity contribution in [1.29, 1.82) is 5.26 Å². The van der Waals surface area contributed by atoms with Gasteiger partial charge in [0.1, 0.15) is 24.5 Å². The normalized spacial score (nSPS) is 13.5. The first-order chi connectivity index (χ1) is 9.67. The lowest BCUT2D eigenvalue weighted by atomic mass is 10.2. The quantitative estimate of drug-likeness (QED) is 0.712. The Balaban J connectivity index is 2.29. The van der Waals surface area contributed by atoms with Crippen LogP contribution < -0.4 is 10.1 Å². The average Bonchev–Trinajstić information content (AvgIpc) is 2.48. The predicted octanol–water partition coefficient (Wildman–Crippen LogP) is 1.31. The summed E-state index contributed by atoms with van der Waals surface area (Å²) >= 11 is 0. The minimum Gasteiger partial charge on any atom is -0.489 e. The maximum absolute atomic E-state index is 9.84. The molecule has 0 aliphatic heterocycles. The molecule has 0 heterocycles. The Morgan fingerprint density at radius 2 is 2.10 bits per heavy atom. The number of para-hydroxylation sites is 1. The smallest absolute Gasteiger partial charge is 0.137 e. The largest absolute Gasteiger partial charge is 0.489 e. The van der Waals surface area contributed by atoms with Crippen LogP contribution in [0.2, 0.25) is 0 Å². The van der Waals surface area contributed by atoms with Crippen molar-refractivity contribution in [3.05, 3.63) is 29.8 Å². The van der Waals surface area contributed by atoms with Crippen molar-refractivity contribution in [2.75, 3.05) is 26.4 Å². The summed E-state index contributed by atoms with van der Waals surface area (Å²) in [6.45, 7) is 5.80. The van der Waals surface area contributed by atoms with E-state index in [-0.39, 0.29) is 12.6 Å². The molecule has 0 amide bonds. The molecule has 0 aromatic heterocycles. The molecule has 0 aliphatic rings. The third-order valence-electron chi connectivity index (χ3n) is 2.71. The van der Waals surface area contributed by atoms with Crippen LogP contribution in [-0.2, 0) is 4.74 Å². The lowest BCUT2D eigenvalue weighted by Crippen LogP contribution is -2.38. The second kappa shape index (κ2) is 9.32. The van der Waals surface area contributed by atoms with Crippen LogP contribution in [0.15, 0.2) is 24.3 Å². The zero-order valence-corrected chi connectivity index (χ0v) is 12.0. The molecular formula is C15H22N2O3. The zero-order chi connectivity index (χ0) is 14.8. The van der Waals surface area contributed by atoms with Crippen molar-refractivity contribution in [3.63, 3.8) is 0 Å². The monoisotopic (exact) mass is 278 g/mol. The van der Waals surface area contributed by atoms with Gasteiger partial charge in [0.25, 0.3) is 0 Å². The molecular weight excluding hydrogens is 256 g/mol. The van der Waals surface area contributed by atoms with Crippen molar-refractivity contribution >= 4 is 0 Å². The van der Waals surface area contributed by atoms with Gasteiger partial charge in [-0.2, -0.15) is 5.26 Å². The molecule has 2 N–H and O–H groups in total. The molecule has 0 saturated heterocycles. The third-order valence-corrected chi connectivity index (χ3v) is 2.71. The van der Waals surface area contributed by atoms with Crippen LogP contribution in [0.4, 0.5) is 0 Å². The van der Waals surface area contributed by atoms with Crippen LogP contribution >= 0.6 is 0 Å². The van der Waals surface area contributed by atoms with E-state index in [0.29, 0.717) is 31.1 Å². The van der Waals surface area contributed by atoms with Crippen LogP contribution in [-0.4, -0.2) is 43.6 Å². The van der Waals surface area contributed by atoms with Gasteiger partial charge >= 0.3 is 0 Å². The van der Waals surface area contributed by atoms with Gasteiger partial charge in [0, 0.05) is 19.2 Å². The van der Waals surface area contributed by atoms with E-state index in [4.69, 9.17) is 14.7 Å². The van der Waals surface area contributed by atoms with E-state index in [1.54, 1.807) is 24.3 Å². The fourth-order valence-corrected chi connectivity index (χ4v) is 1.62. The fraction of sp³-hybridized carbons (Fsp3) is 0.533. The van der Waals surface area contributed by atoms with E-state index in [0.717, 1.165) is 0 Å².